The summed E-state index contributed by atoms with van der Waals surface area (Å²) in [4.78, 5) is 22.8. The second kappa shape index (κ2) is 12.0. The molecule has 1 heterocycles. The zero-order chi connectivity index (χ0) is 21.1. The summed E-state index contributed by atoms with van der Waals surface area (Å²) in [6, 6.07) is 4.71. The summed E-state index contributed by atoms with van der Waals surface area (Å²) in [5, 5.41) is 0. The van der Waals surface area contributed by atoms with Gasteiger partial charge in [-0.15, -0.1) is 0 Å². The third kappa shape index (κ3) is 7.68. The summed E-state index contributed by atoms with van der Waals surface area (Å²) in [5.41, 5.74) is 0.838. The monoisotopic (exact) mass is 400 g/mol. The van der Waals surface area contributed by atoms with E-state index in [9.17, 15) is 9.59 Å². The molecule has 1 fully saturated rings. The highest BCUT2D eigenvalue weighted by atomic mass is 16.5. The zero-order valence-corrected chi connectivity index (χ0v) is 17.0. The lowest BCUT2D eigenvalue weighted by molar-refractivity contribution is -0.0431. The molecule has 0 unspecified atom stereocenters. The van der Waals surface area contributed by atoms with E-state index >= 15 is 0 Å². The minimum Gasteiger partial charge on any atom is -0.492 e. The molecule has 0 saturated carbocycles. The van der Waals surface area contributed by atoms with Crippen LogP contribution in [0.5, 0.6) is 5.75 Å². The second-order valence-corrected chi connectivity index (χ2v) is 6.55. The fraction of sp³-hybridized carbons (Fsp3) is 0.391. The number of hydrogen-bond acceptors (Lipinski definition) is 6. The van der Waals surface area contributed by atoms with Crippen molar-refractivity contribution in [1.29, 1.82) is 0 Å². The third-order valence-electron chi connectivity index (χ3n) is 4.36. The first-order chi connectivity index (χ1) is 14.0. The van der Waals surface area contributed by atoms with E-state index in [0.717, 1.165) is 26.1 Å². The predicted octanol–water partition coefficient (Wildman–Crippen LogP) is 4.27. The maximum atomic E-state index is 11.8. The standard InChI is InChI=1S/C23H28O6/c1-4-20(29-23-15-19(16-24)6-8-22(23)18(3)25)7-5-17(2)27-13-14-28-21-9-11-26-12-10-21/h4-8,15-16,21H,2,9-14H2,1,3H3/b7-5-,20-4+. The first-order valence-corrected chi connectivity index (χ1v) is 9.67. The number of hydrogen-bond donors (Lipinski definition) is 0. The molecule has 0 atom stereocenters. The van der Waals surface area contributed by atoms with E-state index in [-0.39, 0.29) is 11.9 Å². The number of ketones is 1. The van der Waals surface area contributed by atoms with Gasteiger partial charge < -0.3 is 18.9 Å². The maximum Gasteiger partial charge on any atom is 0.163 e. The Balaban J connectivity index is 1.85. The van der Waals surface area contributed by atoms with Gasteiger partial charge in [-0.3, -0.25) is 9.59 Å². The largest absolute Gasteiger partial charge is 0.492 e. The van der Waals surface area contributed by atoms with Gasteiger partial charge in [-0.1, -0.05) is 12.6 Å². The van der Waals surface area contributed by atoms with Crippen LogP contribution in [-0.4, -0.2) is 44.6 Å². The molecule has 6 nitrogen and oxygen atoms in total. The van der Waals surface area contributed by atoms with Crippen LogP contribution in [0.25, 0.3) is 0 Å². The number of ether oxygens (including phenoxy) is 4. The number of Topliss-reactive ketones (excluding diaryl/α,β-unsaturated/α-hetero) is 1. The lowest BCUT2D eigenvalue weighted by Crippen LogP contribution is -2.24. The molecule has 29 heavy (non-hydrogen) atoms. The second-order valence-electron chi connectivity index (χ2n) is 6.55. The van der Waals surface area contributed by atoms with Gasteiger partial charge in [0.25, 0.3) is 0 Å². The molecule has 0 spiro atoms. The lowest BCUT2D eigenvalue weighted by Gasteiger charge is -2.22. The summed E-state index contributed by atoms with van der Waals surface area (Å²) < 4.78 is 22.4. The van der Waals surface area contributed by atoms with E-state index in [0.29, 0.717) is 47.9 Å². The van der Waals surface area contributed by atoms with Crippen molar-refractivity contribution in [2.24, 2.45) is 0 Å². The smallest absolute Gasteiger partial charge is 0.163 e. The van der Waals surface area contributed by atoms with E-state index in [4.69, 9.17) is 18.9 Å². The Hall–Kier alpha value is -2.70. The molecule has 0 aromatic heterocycles. The average molecular weight is 400 g/mol. The number of rotatable bonds is 11. The topological polar surface area (TPSA) is 71.1 Å². The average Bonchev–Trinajstić information content (AvgIpc) is 2.74. The molecule has 0 radical (unpaired) electrons. The van der Waals surface area contributed by atoms with E-state index in [2.05, 4.69) is 6.58 Å². The van der Waals surface area contributed by atoms with Crippen LogP contribution < -0.4 is 4.74 Å². The van der Waals surface area contributed by atoms with Crippen LogP contribution in [-0.2, 0) is 14.2 Å². The summed E-state index contributed by atoms with van der Waals surface area (Å²) in [5.74, 6) is 1.15. The highest BCUT2D eigenvalue weighted by molar-refractivity contribution is 5.97. The van der Waals surface area contributed by atoms with Crippen LogP contribution in [0.2, 0.25) is 0 Å². The quantitative estimate of drug-likeness (QED) is 0.182. The molecule has 0 N–H and O–H groups in total. The summed E-state index contributed by atoms with van der Waals surface area (Å²) in [6.45, 7) is 9.50. The van der Waals surface area contributed by atoms with Crippen molar-refractivity contribution in [2.75, 3.05) is 26.4 Å². The van der Waals surface area contributed by atoms with Crippen LogP contribution >= 0.6 is 0 Å². The number of carbonyl (C=O) groups excluding carboxylic acids is 2. The van der Waals surface area contributed by atoms with Gasteiger partial charge in [0.1, 0.15) is 30.2 Å². The van der Waals surface area contributed by atoms with Gasteiger partial charge >= 0.3 is 0 Å². The van der Waals surface area contributed by atoms with Crippen molar-refractivity contribution in [3.63, 3.8) is 0 Å². The molecule has 2 rings (SSSR count). The van der Waals surface area contributed by atoms with Crippen LogP contribution in [0, 0.1) is 0 Å². The minimum atomic E-state index is -0.144. The van der Waals surface area contributed by atoms with E-state index in [1.54, 1.807) is 36.4 Å². The Morgan fingerprint density at radius 1 is 1.24 bits per heavy atom. The molecule has 1 aromatic rings. The molecule has 0 amide bonds. The van der Waals surface area contributed by atoms with Crippen LogP contribution in [0.15, 0.2) is 54.5 Å². The Labute approximate surface area is 171 Å². The molecule has 1 aliphatic heterocycles. The highest BCUT2D eigenvalue weighted by Crippen LogP contribution is 2.23. The first-order valence-electron chi connectivity index (χ1n) is 9.67. The molecular weight excluding hydrogens is 372 g/mol. The number of carbonyl (C=O) groups is 2. The van der Waals surface area contributed by atoms with Crippen molar-refractivity contribution in [3.8, 4) is 5.75 Å². The van der Waals surface area contributed by atoms with Gasteiger partial charge in [-0.05, 0) is 57.0 Å². The fourth-order valence-electron chi connectivity index (χ4n) is 2.76. The van der Waals surface area contributed by atoms with E-state index in [1.807, 2.05) is 6.92 Å². The van der Waals surface area contributed by atoms with Crippen LogP contribution in [0.3, 0.4) is 0 Å². The van der Waals surface area contributed by atoms with Gasteiger partial charge in [0.05, 0.1) is 18.3 Å². The van der Waals surface area contributed by atoms with Crippen molar-refractivity contribution in [1.82, 2.24) is 0 Å². The lowest BCUT2D eigenvalue weighted by atomic mass is 10.1. The minimum absolute atomic E-state index is 0.144. The van der Waals surface area contributed by atoms with Crippen molar-refractivity contribution >= 4 is 12.1 Å². The molecule has 156 valence electrons. The van der Waals surface area contributed by atoms with Crippen LogP contribution in [0.4, 0.5) is 0 Å². The Bertz CT molecular complexity index is 772. The van der Waals surface area contributed by atoms with Gasteiger partial charge in [-0.2, -0.15) is 0 Å². The van der Waals surface area contributed by atoms with Gasteiger partial charge in [-0.25, -0.2) is 0 Å². The predicted molar refractivity (Wildman–Crippen MR) is 110 cm³/mol. The maximum absolute atomic E-state index is 11.8. The summed E-state index contributed by atoms with van der Waals surface area (Å²) in [7, 11) is 0. The Morgan fingerprint density at radius 2 is 2.00 bits per heavy atom. The SMILES string of the molecule is C=C(/C=C\C(=C/C)Oc1cc(C=O)ccc1C(C)=O)OCCOC1CCOCC1. The fourth-order valence-corrected chi connectivity index (χ4v) is 2.76. The van der Waals surface area contributed by atoms with E-state index < -0.39 is 0 Å². The van der Waals surface area contributed by atoms with Crippen molar-refractivity contribution in [3.05, 3.63) is 65.7 Å². The molecule has 1 aliphatic rings. The Kier molecular flexibility index (Phi) is 9.34. The Morgan fingerprint density at radius 3 is 2.66 bits per heavy atom. The number of benzene rings is 1. The molecule has 0 aliphatic carbocycles. The summed E-state index contributed by atoms with van der Waals surface area (Å²) >= 11 is 0. The van der Waals surface area contributed by atoms with Crippen molar-refractivity contribution < 1.29 is 28.5 Å². The third-order valence-corrected chi connectivity index (χ3v) is 4.36. The van der Waals surface area contributed by atoms with Gasteiger partial charge in [0.2, 0.25) is 0 Å². The zero-order valence-electron chi connectivity index (χ0n) is 17.0. The first kappa shape index (κ1) is 22.6. The van der Waals surface area contributed by atoms with Gasteiger partial charge in [0, 0.05) is 18.8 Å². The molecule has 1 saturated heterocycles. The van der Waals surface area contributed by atoms with E-state index in [1.165, 1.54) is 6.92 Å². The van der Waals surface area contributed by atoms with Gasteiger partial charge in [0.15, 0.2) is 5.78 Å². The summed E-state index contributed by atoms with van der Waals surface area (Å²) in [6.07, 6.45) is 7.89. The number of allylic oxidation sites excluding steroid dienone is 3. The molecular formula is C23H28O6. The molecule has 0 bridgehead atoms. The molecule has 6 heteroatoms. The normalized spacial score (nSPS) is 15.3. The van der Waals surface area contributed by atoms with Crippen molar-refractivity contribution in [2.45, 2.75) is 32.8 Å². The highest BCUT2D eigenvalue weighted by Gasteiger charge is 2.13. The molecule has 1 aromatic carbocycles. The number of aldehydes is 1. The van der Waals surface area contributed by atoms with Crippen LogP contribution in [0.1, 0.15) is 47.4 Å².